The van der Waals surface area contributed by atoms with Crippen LogP contribution in [-0.2, 0) is 6.54 Å². The number of carbonyl (C=O) groups is 1. The number of aromatic nitrogens is 1. The Morgan fingerprint density at radius 2 is 2.04 bits per heavy atom. The molecule has 7 heteroatoms. The highest BCUT2D eigenvalue weighted by Crippen LogP contribution is 2.25. The number of rotatable bonds is 5. The molecule has 26 heavy (non-hydrogen) atoms. The van der Waals surface area contributed by atoms with Crippen molar-refractivity contribution < 1.29 is 14.1 Å². The van der Waals surface area contributed by atoms with E-state index in [4.69, 9.17) is 0 Å². The molecule has 1 aromatic heterocycles. The third-order valence-electron chi connectivity index (χ3n) is 4.27. The Morgan fingerprint density at radius 1 is 1.27 bits per heavy atom. The highest BCUT2D eigenvalue weighted by molar-refractivity contribution is 6.05. The van der Waals surface area contributed by atoms with Gasteiger partial charge in [0.05, 0.1) is 10.5 Å². The first-order chi connectivity index (χ1) is 12.4. The Bertz CT molecular complexity index is 1010. The van der Waals surface area contributed by atoms with Gasteiger partial charge < -0.3 is 9.88 Å². The number of nitrogens with zero attached hydrogens (tertiary/aromatic N) is 2. The second-order valence-corrected chi connectivity index (χ2v) is 6.10. The third-order valence-corrected chi connectivity index (χ3v) is 4.27. The summed E-state index contributed by atoms with van der Waals surface area (Å²) in [5.41, 5.74) is 0.998. The molecule has 2 aromatic carbocycles. The fourth-order valence-electron chi connectivity index (χ4n) is 2.90. The molecule has 134 valence electrons. The maximum atomic E-state index is 13.9. The minimum Gasteiger partial charge on any atom is -0.347 e. The molecule has 0 aliphatic heterocycles. The van der Waals surface area contributed by atoms with Crippen LogP contribution in [0, 0.1) is 22.9 Å². The number of nitro benzene ring substituents is 1. The van der Waals surface area contributed by atoms with E-state index in [0.29, 0.717) is 5.69 Å². The molecule has 0 aliphatic rings. The van der Waals surface area contributed by atoms with E-state index in [-0.39, 0.29) is 11.1 Å². The van der Waals surface area contributed by atoms with Gasteiger partial charge >= 0.3 is 0 Å². The number of hydrogen-bond donors (Lipinski definition) is 1. The summed E-state index contributed by atoms with van der Waals surface area (Å²) in [7, 11) is 0. The topological polar surface area (TPSA) is 77.2 Å². The van der Waals surface area contributed by atoms with E-state index in [0.717, 1.165) is 36.0 Å². The van der Waals surface area contributed by atoms with Crippen molar-refractivity contribution in [2.75, 3.05) is 5.32 Å². The van der Waals surface area contributed by atoms with Crippen LogP contribution in [0.1, 0.15) is 29.3 Å². The number of benzene rings is 2. The van der Waals surface area contributed by atoms with Crippen LogP contribution in [0.15, 0.2) is 42.6 Å². The largest absolute Gasteiger partial charge is 0.347 e. The van der Waals surface area contributed by atoms with E-state index < -0.39 is 22.3 Å². The van der Waals surface area contributed by atoms with E-state index in [1.165, 1.54) is 6.92 Å². The molecule has 0 radical (unpaired) electrons. The summed E-state index contributed by atoms with van der Waals surface area (Å²) in [5, 5.41) is 14.7. The van der Waals surface area contributed by atoms with E-state index in [1.807, 2.05) is 24.4 Å². The van der Waals surface area contributed by atoms with Crippen molar-refractivity contribution in [1.82, 2.24) is 4.57 Å². The number of halogens is 1. The molecule has 6 nitrogen and oxygen atoms in total. The third kappa shape index (κ3) is 3.28. The van der Waals surface area contributed by atoms with Crippen LogP contribution in [-0.4, -0.2) is 15.4 Å². The quantitative estimate of drug-likeness (QED) is 0.534. The summed E-state index contributed by atoms with van der Waals surface area (Å²) in [6, 6.07) is 9.53. The van der Waals surface area contributed by atoms with E-state index >= 15 is 0 Å². The van der Waals surface area contributed by atoms with Gasteiger partial charge in [0, 0.05) is 41.0 Å². The predicted molar refractivity (Wildman–Crippen MR) is 98.0 cm³/mol. The van der Waals surface area contributed by atoms with Crippen molar-refractivity contribution in [2.45, 2.75) is 26.8 Å². The van der Waals surface area contributed by atoms with Crippen LogP contribution in [0.4, 0.5) is 15.8 Å². The van der Waals surface area contributed by atoms with E-state index in [1.54, 1.807) is 6.07 Å². The maximum absolute atomic E-state index is 13.9. The smallest absolute Gasteiger partial charge is 0.276 e. The van der Waals surface area contributed by atoms with Gasteiger partial charge in [-0.3, -0.25) is 14.9 Å². The van der Waals surface area contributed by atoms with Crippen molar-refractivity contribution >= 4 is 28.2 Å². The fourth-order valence-corrected chi connectivity index (χ4v) is 2.90. The van der Waals surface area contributed by atoms with Gasteiger partial charge in [-0.15, -0.1) is 0 Å². The number of hydrogen-bond acceptors (Lipinski definition) is 3. The lowest BCUT2D eigenvalue weighted by Crippen LogP contribution is -2.13. The molecule has 3 rings (SSSR count). The average molecular weight is 355 g/mol. The molecule has 1 amide bonds. The van der Waals surface area contributed by atoms with Crippen LogP contribution in [0.3, 0.4) is 0 Å². The van der Waals surface area contributed by atoms with Gasteiger partial charge in [0.25, 0.3) is 11.6 Å². The van der Waals surface area contributed by atoms with E-state index in [2.05, 4.69) is 16.8 Å². The molecule has 0 fully saturated rings. The predicted octanol–water partition coefficient (Wildman–Crippen LogP) is 4.66. The van der Waals surface area contributed by atoms with Gasteiger partial charge in [-0.25, -0.2) is 4.39 Å². The highest BCUT2D eigenvalue weighted by atomic mass is 19.1. The first-order valence-electron chi connectivity index (χ1n) is 8.25. The standard InChI is InChI=1S/C19H18FN3O3/c1-3-7-22-8-6-13-9-15(4-5-17(13)22)21-19(24)14-10-16(20)12(2)18(11-14)23(25)26/h4-6,8-11H,3,7H2,1-2H3,(H,21,24). The van der Waals surface area contributed by atoms with Gasteiger partial charge in [0.1, 0.15) is 5.82 Å². The molecule has 0 atom stereocenters. The minimum absolute atomic E-state index is 0.0924. The maximum Gasteiger partial charge on any atom is 0.276 e. The van der Waals surface area contributed by atoms with Gasteiger partial charge in [0.15, 0.2) is 0 Å². The molecule has 1 heterocycles. The number of fused-ring (bicyclic) bond motifs is 1. The van der Waals surface area contributed by atoms with Crippen LogP contribution >= 0.6 is 0 Å². The van der Waals surface area contributed by atoms with Crippen molar-refractivity contribution in [1.29, 1.82) is 0 Å². The second-order valence-electron chi connectivity index (χ2n) is 6.10. The lowest BCUT2D eigenvalue weighted by Gasteiger charge is -2.08. The molecule has 3 aromatic rings. The number of nitro groups is 1. The molecule has 1 N–H and O–H groups in total. The van der Waals surface area contributed by atoms with Gasteiger partial charge in [-0.1, -0.05) is 6.92 Å². The zero-order valence-corrected chi connectivity index (χ0v) is 14.5. The average Bonchev–Trinajstić information content (AvgIpc) is 2.99. The molecular formula is C19H18FN3O3. The summed E-state index contributed by atoms with van der Waals surface area (Å²) in [6.07, 6.45) is 3.00. The van der Waals surface area contributed by atoms with Crippen molar-refractivity contribution in [3.8, 4) is 0 Å². The van der Waals surface area contributed by atoms with E-state index in [9.17, 15) is 19.3 Å². The molecule has 0 unspecified atom stereocenters. The normalized spacial score (nSPS) is 10.9. The number of nitrogens with one attached hydrogen (secondary N) is 1. The molecule has 0 spiro atoms. The van der Waals surface area contributed by atoms with Crippen molar-refractivity contribution in [3.05, 3.63) is 69.7 Å². The van der Waals surface area contributed by atoms with Gasteiger partial charge in [-0.2, -0.15) is 0 Å². The minimum atomic E-state index is -0.781. The SMILES string of the molecule is CCCn1ccc2cc(NC(=O)c3cc(F)c(C)c([N+](=O)[O-])c3)ccc21. The highest BCUT2D eigenvalue weighted by Gasteiger charge is 2.19. The summed E-state index contributed by atoms with van der Waals surface area (Å²) >= 11 is 0. The Kier molecular flexibility index (Phi) is 4.71. The summed E-state index contributed by atoms with van der Waals surface area (Å²) in [6.45, 7) is 4.31. The van der Waals surface area contributed by atoms with Crippen LogP contribution in [0.2, 0.25) is 0 Å². The molecular weight excluding hydrogens is 337 g/mol. The first-order valence-corrected chi connectivity index (χ1v) is 8.25. The molecule has 0 saturated heterocycles. The number of anilines is 1. The molecule has 0 bridgehead atoms. The second kappa shape index (κ2) is 6.95. The van der Waals surface area contributed by atoms with Crippen molar-refractivity contribution in [2.24, 2.45) is 0 Å². The first kappa shape index (κ1) is 17.6. The summed E-state index contributed by atoms with van der Waals surface area (Å²) in [5.74, 6) is -1.38. The van der Waals surface area contributed by atoms with Crippen molar-refractivity contribution in [3.63, 3.8) is 0 Å². The molecule has 0 saturated carbocycles. The van der Waals surface area contributed by atoms with Crippen LogP contribution in [0.5, 0.6) is 0 Å². The number of carbonyl (C=O) groups excluding carboxylic acids is 1. The Labute approximate surface area is 149 Å². The monoisotopic (exact) mass is 355 g/mol. The van der Waals surface area contributed by atoms with Gasteiger partial charge in [-0.05, 0) is 43.7 Å². The zero-order valence-electron chi connectivity index (χ0n) is 14.5. The zero-order chi connectivity index (χ0) is 18.8. The lowest BCUT2D eigenvalue weighted by molar-refractivity contribution is -0.385. The summed E-state index contributed by atoms with van der Waals surface area (Å²) in [4.78, 5) is 22.7. The Balaban J connectivity index is 1.88. The van der Waals surface area contributed by atoms with Crippen LogP contribution in [0.25, 0.3) is 10.9 Å². The summed E-state index contributed by atoms with van der Waals surface area (Å²) < 4.78 is 16.0. The van der Waals surface area contributed by atoms with Crippen LogP contribution < -0.4 is 5.32 Å². The van der Waals surface area contributed by atoms with Gasteiger partial charge in [0.2, 0.25) is 0 Å². The molecule has 0 aliphatic carbocycles. The number of aryl methyl sites for hydroxylation is 1. The number of amides is 1. The fraction of sp³-hybridized carbons (Fsp3) is 0.211. The lowest BCUT2D eigenvalue weighted by atomic mass is 10.1. The Hall–Kier alpha value is -3.22. The Morgan fingerprint density at radius 3 is 2.73 bits per heavy atom.